The molecule has 1 heterocycles. The molecule has 0 saturated heterocycles. The van der Waals surface area contributed by atoms with E-state index >= 15 is 0 Å². The van der Waals surface area contributed by atoms with Crippen molar-refractivity contribution in [2.24, 2.45) is 11.1 Å². The Morgan fingerprint density at radius 1 is 1.33 bits per heavy atom. The first-order valence-electron chi connectivity index (χ1n) is 7.08. The Kier molecular flexibility index (Phi) is 10.2. The molecule has 0 aliphatic heterocycles. The van der Waals surface area contributed by atoms with Crippen LogP contribution < -0.4 is 11.1 Å². The van der Waals surface area contributed by atoms with E-state index in [0.717, 1.165) is 25.0 Å². The summed E-state index contributed by atoms with van der Waals surface area (Å²) in [5.41, 5.74) is 8.84. The molecule has 3 N–H and O–H groups in total. The lowest BCUT2D eigenvalue weighted by molar-refractivity contribution is -0.123. The minimum atomic E-state index is 0. The lowest BCUT2D eigenvalue weighted by atomic mass is 9.71. The number of carbonyl (C=O) groups excluding carboxylic acids is 1. The van der Waals surface area contributed by atoms with E-state index in [1.807, 2.05) is 10.9 Å². The Hall–Kier alpha value is -0.360. The maximum absolute atomic E-state index is 12.0. The van der Waals surface area contributed by atoms with E-state index in [9.17, 15) is 4.79 Å². The Morgan fingerprint density at radius 3 is 2.62 bits per heavy atom. The Balaban J connectivity index is 0.00000200. The summed E-state index contributed by atoms with van der Waals surface area (Å²) in [4.78, 5) is 16.2. The van der Waals surface area contributed by atoms with Crippen LogP contribution in [-0.2, 0) is 11.2 Å². The number of rotatable bonds is 6. The number of hydrogen-bond donors (Lipinski definition) is 2. The topological polar surface area (TPSA) is 68.0 Å². The van der Waals surface area contributed by atoms with Gasteiger partial charge in [-0.2, -0.15) is 0 Å². The van der Waals surface area contributed by atoms with E-state index in [0.29, 0.717) is 19.5 Å². The highest BCUT2D eigenvalue weighted by molar-refractivity contribution is 7.07. The van der Waals surface area contributed by atoms with Crippen molar-refractivity contribution in [2.75, 3.05) is 13.1 Å². The van der Waals surface area contributed by atoms with Gasteiger partial charge in [-0.25, -0.2) is 4.98 Å². The normalized spacial score (nSPS) is 16.4. The minimum Gasteiger partial charge on any atom is -0.356 e. The third-order valence-corrected chi connectivity index (χ3v) is 4.70. The number of nitrogens with one attached hydrogen (secondary N) is 1. The van der Waals surface area contributed by atoms with Crippen LogP contribution >= 0.6 is 36.2 Å². The first-order valence-corrected chi connectivity index (χ1v) is 8.02. The number of thiazole rings is 1. The maximum Gasteiger partial charge on any atom is 0.220 e. The van der Waals surface area contributed by atoms with Gasteiger partial charge in [0.1, 0.15) is 0 Å². The quantitative estimate of drug-likeness (QED) is 0.825. The smallest absolute Gasteiger partial charge is 0.220 e. The summed E-state index contributed by atoms with van der Waals surface area (Å²) in [5.74, 6) is 0.141. The minimum absolute atomic E-state index is 0. The van der Waals surface area contributed by atoms with Crippen LogP contribution in [0.5, 0.6) is 0 Å². The SMILES string of the molecule is Cl.Cl.NCC1(CC(=O)NCCc2cscn2)CCCCC1. The van der Waals surface area contributed by atoms with Crippen LogP contribution in [0.1, 0.15) is 44.2 Å². The highest BCUT2D eigenvalue weighted by Crippen LogP contribution is 2.38. The van der Waals surface area contributed by atoms with Crippen molar-refractivity contribution in [1.82, 2.24) is 10.3 Å². The largest absolute Gasteiger partial charge is 0.356 e. The second-order valence-electron chi connectivity index (χ2n) is 5.52. The second kappa shape index (κ2) is 10.4. The standard InChI is InChI=1S/C14H23N3OS.2ClH/c15-10-14(5-2-1-3-6-14)8-13(18)16-7-4-12-9-19-11-17-12;;/h9,11H,1-8,10,15H2,(H,16,18);2*1H. The van der Waals surface area contributed by atoms with E-state index in [1.165, 1.54) is 19.3 Å². The Morgan fingerprint density at radius 2 is 2.05 bits per heavy atom. The Bertz CT molecular complexity index is 395. The predicted octanol–water partition coefficient (Wildman–Crippen LogP) is 2.94. The molecule has 1 aliphatic carbocycles. The average Bonchev–Trinajstić information content (AvgIpc) is 2.93. The van der Waals surface area contributed by atoms with Crippen molar-refractivity contribution in [3.05, 3.63) is 16.6 Å². The molecule has 0 radical (unpaired) electrons. The molecule has 4 nitrogen and oxygen atoms in total. The van der Waals surface area contributed by atoms with Gasteiger partial charge < -0.3 is 11.1 Å². The van der Waals surface area contributed by atoms with E-state index in [2.05, 4.69) is 10.3 Å². The molecule has 122 valence electrons. The molecule has 1 aromatic rings. The Labute approximate surface area is 143 Å². The summed E-state index contributed by atoms with van der Waals surface area (Å²) >= 11 is 1.59. The number of nitrogens with two attached hydrogens (primary N) is 1. The monoisotopic (exact) mass is 353 g/mol. The van der Waals surface area contributed by atoms with Crippen LogP contribution in [-0.4, -0.2) is 24.0 Å². The number of amides is 1. The zero-order chi connectivity index (χ0) is 13.6. The van der Waals surface area contributed by atoms with E-state index in [1.54, 1.807) is 11.3 Å². The van der Waals surface area contributed by atoms with Crippen LogP contribution in [0.25, 0.3) is 0 Å². The van der Waals surface area contributed by atoms with E-state index < -0.39 is 0 Å². The van der Waals surface area contributed by atoms with Crippen molar-refractivity contribution in [3.8, 4) is 0 Å². The molecular weight excluding hydrogens is 329 g/mol. The van der Waals surface area contributed by atoms with Gasteiger partial charge in [0, 0.05) is 24.8 Å². The lowest BCUT2D eigenvalue weighted by Crippen LogP contribution is -2.39. The van der Waals surface area contributed by atoms with Crippen molar-refractivity contribution < 1.29 is 4.79 Å². The molecule has 7 heteroatoms. The number of carbonyl (C=O) groups is 1. The predicted molar refractivity (Wildman–Crippen MR) is 92.5 cm³/mol. The van der Waals surface area contributed by atoms with Gasteiger partial charge in [-0.3, -0.25) is 4.79 Å². The van der Waals surface area contributed by atoms with Crippen molar-refractivity contribution >= 4 is 42.1 Å². The third-order valence-electron chi connectivity index (χ3n) is 4.07. The average molecular weight is 354 g/mol. The summed E-state index contributed by atoms with van der Waals surface area (Å²) < 4.78 is 0. The van der Waals surface area contributed by atoms with Gasteiger partial charge >= 0.3 is 0 Å². The van der Waals surface area contributed by atoms with Crippen molar-refractivity contribution in [1.29, 1.82) is 0 Å². The molecule has 1 fully saturated rings. The van der Waals surface area contributed by atoms with Gasteiger partial charge in [-0.1, -0.05) is 19.3 Å². The molecule has 1 saturated carbocycles. The second-order valence-corrected chi connectivity index (χ2v) is 6.24. The molecule has 0 spiro atoms. The number of halogens is 2. The molecule has 2 rings (SSSR count). The summed E-state index contributed by atoms with van der Waals surface area (Å²) in [6, 6.07) is 0. The number of aromatic nitrogens is 1. The molecule has 1 amide bonds. The van der Waals surface area contributed by atoms with Gasteiger partial charge in [-0.15, -0.1) is 36.2 Å². The molecular formula is C14H25Cl2N3OS. The molecule has 1 aromatic heterocycles. The number of hydrogen-bond acceptors (Lipinski definition) is 4. The summed E-state index contributed by atoms with van der Waals surface area (Å²) in [7, 11) is 0. The zero-order valence-corrected chi connectivity index (χ0v) is 14.6. The van der Waals surface area contributed by atoms with Crippen molar-refractivity contribution in [2.45, 2.75) is 44.9 Å². The molecule has 1 aliphatic rings. The molecule has 0 unspecified atom stereocenters. The van der Waals surface area contributed by atoms with Crippen LogP contribution in [0.3, 0.4) is 0 Å². The fourth-order valence-electron chi connectivity index (χ4n) is 2.85. The van der Waals surface area contributed by atoms with E-state index in [-0.39, 0.29) is 36.1 Å². The van der Waals surface area contributed by atoms with Gasteiger partial charge in [0.15, 0.2) is 0 Å². The van der Waals surface area contributed by atoms with Gasteiger partial charge in [0.25, 0.3) is 0 Å². The van der Waals surface area contributed by atoms with Crippen LogP contribution in [0.2, 0.25) is 0 Å². The lowest BCUT2D eigenvalue weighted by Gasteiger charge is -2.35. The molecule has 21 heavy (non-hydrogen) atoms. The molecule has 0 atom stereocenters. The van der Waals surface area contributed by atoms with Gasteiger partial charge in [-0.05, 0) is 24.8 Å². The summed E-state index contributed by atoms with van der Waals surface area (Å²) in [6.45, 7) is 1.30. The first kappa shape index (κ1) is 20.6. The first-order chi connectivity index (χ1) is 9.24. The van der Waals surface area contributed by atoms with Crippen LogP contribution in [0, 0.1) is 5.41 Å². The summed E-state index contributed by atoms with van der Waals surface area (Å²) in [5, 5.41) is 5.02. The summed E-state index contributed by atoms with van der Waals surface area (Å²) in [6.07, 6.45) is 7.30. The highest BCUT2D eigenvalue weighted by Gasteiger charge is 2.32. The maximum atomic E-state index is 12.0. The highest BCUT2D eigenvalue weighted by atomic mass is 35.5. The number of nitrogens with zero attached hydrogens (tertiary/aromatic N) is 1. The van der Waals surface area contributed by atoms with Crippen LogP contribution in [0.4, 0.5) is 0 Å². The van der Waals surface area contributed by atoms with Crippen LogP contribution in [0.15, 0.2) is 10.9 Å². The third kappa shape index (κ3) is 6.51. The fraction of sp³-hybridized carbons (Fsp3) is 0.714. The zero-order valence-electron chi connectivity index (χ0n) is 12.2. The van der Waals surface area contributed by atoms with E-state index in [4.69, 9.17) is 5.73 Å². The van der Waals surface area contributed by atoms with Crippen molar-refractivity contribution in [3.63, 3.8) is 0 Å². The fourth-order valence-corrected chi connectivity index (χ4v) is 3.44. The molecule has 0 bridgehead atoms. The molecule has 0 aromatic carbocycles. The van der Waals surface area contributed by atoms with Gasteiger partial charge in [0.05, 0.1) is 11.2 Å². The van der Waals surface area contributed by atoms with Gasteiger partial charge in [0.2, 0.25) is 5.91 Å².